The second-order valence-electron chi connectivity index (χ2n) is 17.0. The molecule has 10 rings (SSSR count). The van der Waals surface area contributed by atoms with Crippen LogP contribution in [0.4, 0.5) is 5.82 Å². The first-order valence-electron chi connectivity index (χ1n) is 20.9. The smallest absolute Gasteiger partial charge is 0.347 e. The van der Waals surface area contributed by atoms with Gasteiger partial charge in [0.15, 0.2) is 23.0 Å². The van der Waals surface area contributed by atoms with Crippen molar-refractivity contribution in [1.29, 1.82) is 0 Å². The van der Waals surface area contributed by atoms with Crippen molar-refractivity contribution >= 4 is 77.6 Å². The van der Waals surface area contributed by atoms with Crippen LogP contribution in [0.2, 0.25) is 5.02 Å². The SMILES string of the molecule is COc1cc2nc(CCn3c(=O)n4n(c3=O)C3CC5C(=O)N(c6cc(-c7sc8ccc(Cl)cc8c7C)nn6C)C(=O)C5(C)C(c5cc(Br)c(O)c(OC)c5)C3=CC4)c(=O)n(C)c2cc1OC. The van der Waals surface area contributed by atoms with E-state index in [4.69, 9.17) is 30.9 Å². The topological polar surface area (TPSA) is 187 Å². The summed E-state index contributed by atoms with van der Waals surface area (Å²) in [5.74, 6) is -1.67. The van der Waals surface area contributed by atoms with Crippen LogP contribution in [0.15, 0.2) is 79.0 Å². The number of phenols is 1. The molecule has 3 aromatic carbocycles. The molecule has 1 aliphatic carbocycles. The van der Waals surface area contributed by atoms with Gasteiger partial charge in [0.25, 0.3) is 5.56 Å². The lowest BCUT2D eigenvalue weighted by molar-refractivity contribution is -0.129. The number of hydrogen-bond acceptors (Lipinski definition) is 12. The molecule has 7 aromatic rings. The minimum absolute atomic E-state index is 0.0125. The van der Waals surface area contributed by atoms with E-state index >= 15 is 9.59 Å². The molecule has 4 aromatic heterocycles. The number of carbonyl (C=O) groups is 2. The number of aromatic nitrogens is 7. The van der Waals surface area contributed by atoms with Crippen molar-refractivity contribution in [2.45, 2.75) is 51.7 Å². The average molecular weight is 998 g/mol. The average Bonchev–Trinajstić information content (AvgIpc) is 3.97. The molecule has 4 atom stereocenters. The number of allylic oxidation sites excluding steroid dienone is 2. The molecule has 0 spiro atoms. The van der Waals surface area contributed by atoms with Crippen molar-refractivity contribution in [3.05, 3.63) is 118 Å². The van der Waals surface area contributed by atoms with E-state index in [1.54, 1.807) is 51.4 Å². The second-order valence-corrected chi connectivity index (χ2v) is 19.3. The third kappa shape index (κ3) is 6.18. The molecule has 0 radical (unpaired) electrons. The van der Waals surface area contributed by atoms with Gasteiger partial charge >= 0.3 is 11.4 Å². The highest BCUT2D eigenvalue weighted by Crippen LogP contribution is 2.62. The number of amides is 2. The molecule has 17 nitrogen and oxygen atoms in total. The summed E-state index contributed by atoms with van der Waals surface area (Å²) in [5.41, 5.74) is 0.775. The van der Waals surface area contributed by atoms with Gasteiger partial charge in [-0.25, -0.2) is 33.4 Å². The molecule has 340 valence electrons. The molecule has 6 heterocycles. The molecule has 3 aliphatic rings. The Labute approximate surface area is 392 Å². The standard InChI is InChI=1S/C46H42BrClN8O9S/c1-21-25-16-23(48)8-9-36(25)66-40(21)30-19-37(52(4)50-30)55-41(58)26-17-31-24(38(46(26,2)43(55)60)22-14-27(47)39(57)35(15-22)65-7)10-13-54-44(61)53(45(62)56(31)54)12-11-28-42(59)51(3)32-20-34(64-6)33(63-5)18-29(32)49-28/h8-10,14-16,18-20,26,31,38,57H,11-13,17H2,1-7H3. The van der Waals surface area contributed by atoms with E-state index < -0.39 is 52.0 Å². The maximum absolute atomic E-state index is 15.3. The Balaban J connectivity index is 1.06. The molecular formula is C46H42BrClN8O9S. The Morgan fingerprint density at radius 2 is 1.68 bits per heavy atom. The number of phenolic OH excluding ortho intramolecular Hbond substituents is 1. The lowest BCUT2D eigenvalue weighted by Gasteiger charge is -2.47. The lowest BCUT2D eigenvalue weighted by Crippen LogP contribution is -2.49. The van der Waals surface area contributed by atoms with Gasteiger partial charge in [0.1, 0.15) is 17.2 Å². The Morgan fingerprint density at radius 3 is 2.41 bits per heavy atom. The summed E-state index contributed by atoms with van der Waals surface area (Å²) in [6.45, 7) is 3.56. The Bertz CT molecular complexity index is 3490. The highest BCUT2D eigenvalue weighted by atomic mass is 79.9. The maximum atomic E-state index is 15.3. The largest absolute Gasteiger partial charge is 0.503 e. The molecule has 66 heavy (non-hydrogen) atoms. The molecule has 1 N–H and O–H groups in total. The highest BCUT2D eigenvalue weighted by molar-refractivity contribution is 9.10. The summed E-state index contributed by atoms with van der Waals surface area (Å²) in [7, 11) is 7.69. The summed E-state index contributed by atoms with van der Waals surface area (Å²) in [4.78, 5) is 79.6. The third-order valence-electron chi connectivity index (χ3n) is 13.7. The molecule has 0 bridgehead atoms. The number of halogens is 2. The number of aryl methyl sites for hydroxylation is 4. The number of imide groups is 1. The van der Waals surface area contributed by atoms with Gasteiger partial charge in [0.2, 0.25) is 11.8 Å². The van der Waals surface area contributed by atoms with E-state index in [9.17, 15) is 19.5 Å². The fourth-order valence-electron chi connectivity index (χ4n) is 10.3. The number of carbonyl (C=O) groups excluding carboxylic acids is 2. The van der Waals surface area contributed by atoms with Gasteiger partial charge in [-0.1, -0.05) is 17.7 Å². The van der Waals surface area contributed by atoms with E-state index in [1.165, 1.54) is 56.2 Å². The molecule has 20 heteroatoms. The minimum atomic E-state index is -1.42. The lowest BCUT2D eigenvalue weighted by atomic mass is 9.56. The van der Waals surface area contributed by atoms with Crippen LogP contribution in [0, 0.1) is 18.3 Å². The van der Waals surface area contributed by atoms with Crippen molar-refractivity contribution in [3.8, 4) is 33.6 Å². The number of fused-ring (bicyclic) bond motifs is 6. The predicted molar refractivity (Wildman–Crippen MR) is 251 cm³/mol. The van der Waals surface area contributed by atoms with Gasteiger partial charge in [-0.3, -0.25) is 19.1 Å². The number of anilines is 1. The van der Waals surface area contributed by atoms with Crippen LogP contribution in [0.3, 0.4) is 0 Å². The van der Waals surface area contributed by atoms with E-state index in [0.29, 0.717) is 48.9 Å². The number of benzene rings is 3. The fourth-order valence-corrected chi connectivity index (χ4v) is 12.1. The summed E-state index contributed by atoms with van der Waals surface area (Å²) < 4.78 is 24.5. The molecule has 1 saturated carbocycles. The Morgan fingerprint density at radius 1 is 0.955 bits per heavy atom. The van der Waals surface area contributed by atoms with E-state index in [-0.39, 0.29) is 48.9 Å². The van der Waals surface area contributed by atoms with Gasteiger partial charge in [-0.15, -0.1) is 11.3 Å². The third-order valence-corrected chi connectivity index (χ3v) is 15.8. The van der Waals surface area contributed by atoms with Gasteiger partial charge in [0.05, 0.1) is 65.6 Å². The van der Waals surface area contributed by atoms with Crippen LogP contribution in [0.1, 0.15) is 42.1 Å². The first kappa shape index (κ1) is 43.5. The van der Waals surface area contributed by atoms with Crippen molar-refractivity contribution in [2.24, 2.45) is 25.4 Å². The number of nitrogens with zero attached hydrogens (tertiary/aromatic N) is 8. The zero-order valence-electron chi connectivity index (χ0n) is 36.7. The predicted octanol–water partition coefficient (Wildman–Crippen LogP) is 6.24. The number of thiophene rings is 1. The molecule has 2 fully saturated rings. The summed E-state index contributed by atoms with van der Waals surface area (Å²) in [5, 5.41) is 17.3. The zero-order valence-corrected chi connectivity index (χ0v) is 39.9. The summed E-state index contributed by atoms with van der Waals surface area (Å²) in [6, 6.07) is 13.2. The van der Waals surface area contributed by atoms with Crippen molar-refractivity contribution < 1.29 is 28.9 Å². The number of ether oxygens (including phenoxy) is 3. The fraction of sp³-hybridized carbons (Fsp3) is 0.326. The van der Waals surface area contributed by atoms with E-state index in [1.807, 2.05) is 31.2 Å². The molecule has 4 unspecified atom stereocenters. The highest BCUT2D eigenvalue weighted by Gasteiger charge is 2.66. The number of rotatable bonds is 9. The molecular weight excluding hydrogens is 956 g/mol. The van der Waals surface area contributed by atoms with Crippen LogP contribution in [0.5, 0.6) is 23.0 Å². The Kier molecular flexibility index (Phi) is 10.3. The minimum Gasteiger partial charge on any atom is -0.503 e. The van der Waals surface area contributed by atoms with Gasteiger partial charge in [-0.05, 0) is 88.6 Å². The van der Waals surface area contributed by atoms with Gasteiger partial charge in [-0.2, -0.15) is 5.10 Å². The maximum Gasteiger partial charge on any atom is 0.347 e. The van der Waals surface area contributed by atoms with Crippen LogP contribution < -0.4 is 36.0 Å². The number of aromatic hydroxyl groups is 1. The quantitative estimate of drug-likeness (QED) is 0.128. The zero-order chi connectivity index (χ0) is 46.8. The first-order valence-corrected chi connectivity index (χ1v) is 22.9. The van der Waals surface area contributed by atoms with Crippen molar-refractivity contribution in [2.75, 3.05) is 26.2 Å². The Hall–Kier alpha value is -6.44. The van der Waals surface area contributed by atoms with Crippen LogP contribution >= 0.6 is 38.9 Å². The molecule has 2 aliphatic heterocycles. The van der Waals surface area contributed by atoms with Gasteiger partial charge in [0, 0.05) is 60.9 Å². The van der Waals surface area contributed by atoms with Gasteiger partial charge < -0.3 is 23.9 Å². The van der Waals surface area contributed by atoms with Crippen LogP contribution in [-0.2, 0) is 43.2 Å². The van der Waals surface area contributed by atoms with Crippen LogP contribution in [-0.4, -0.2) is 71.5 Å². The van der Waals surface area contributed by atoms with Crippen molar-refractivity contribution in [1.82, 2.24) is 33.3 Å². The normalized spacial score (nSPS) is 20.2. The summed E-state index contributed by atoms with van der Waals surface area (Å²) >= 11 is 11.3. The first-order chi connectivity index (χ1) is 31.5. The second kappa shape index (κ2) is 15.6. The number of methoxy groups -OCH3 is 3. The monoisotopic (exact) mass is 996 g/mol. The van der Waals surface area contributed by atoms with Crippen molar-refractivity contribution in [3.63, 3.8) is 0 Å². The van der Waals surface area contributed by atoms with E-state index in [0.717, 1.165) is 25.1 Å². The molecule has 2 amide bonds. The van der Waals surface area contributed by atoms with E-state index in [2.05, 4.69) is 20.9 Å². The van der Waals surface area contributed by atoms with Crippen LogP contribution in [0.25, 0.3) is 31.7 Å². The summed E-state index contributed by atoms with van der Waals surface area (Å²) in [6.07, 6.45) is 1.81. The molecule has 1 saturated heterocycles. The number of hydrogen-bond donors (Lipinski definition) is 1.